The molecule has 3 aromatic rings. The van der Waals surface area contributed by atoms with Crippen molar-refractivity contribution in [3.63, 3.8) is 0 Å². The zero-order valence-corrected chi connectivity index (χ0v) is 19.7. The molecule has 0 bridgehead atoms. The lowest BCUT2D eigenvalue weighted by molar-refractivity contribution is -0.137. The summed E-state index contributed by atoms with van der Waals surface area (Å²) in [6.45, 7) is -0.201. The second-order valence-corrected chi connectivity index (χ2v) is 8.59. The van der Waals surface area contributed by atoms with E-state index >= 15 is 0 Å². The minimum Gasteiger partial charge on any atom is -0.350 e. The molecule has 0 saturated heterocycles. The smallest absolute Gasteiger partial charge is 0.350 e. The van der Waals surface area contributed by atoms with Gasteiger partial charge in [0.1, 0.15) is 23.0 Å². The van der Waals surface area contributed by atoms with Gasteiger partial charge < -0.3 is 15.2 Å². The van der Waals surface area contributed by atoms with Crippen LogP contribution >= 0.6 is 0 Å². The number of nitrogens with zero attached hydrogens (tertiary/aromatic N) is 4. The Hall–Kier alpha value is -4.03. The van der Waals surface area contributed by atoms with E-state index in [1.54, 1.807) is 14.1 Å². The molecule has 1 N–H and O–H groups in total. The molecule has 0 fully saturated rings. The van der Waals surface area contributed by atoms with Crippen LogP contribution in [-0.2, 0) is 25.7 Å². The number of rotatable bonds is 5. The molecule has 2 heterocycles. The number of anilines is 1. The Bertz CT molecular complexity index is 1380. The lowest BCUT2D eigenvalue weighted by Gasteiger charge is -2.30. The summed E-state index contributed by atoms with van der Waals surface area (Å²) in [4.78, 5) is 31.7. The largest absolute Gasteiger partial charge is 0.416 e. The van der Waals surface area contributed by atoms with Crippen molar-refractivity contribution in [2.75, 3.05) is 31.0 Å². The number of hydrogen-bond donors (Lipinski definition) is 1. The maximum Gasteiger partial charge on any atom is 0.416 e. The van der Waals surface area contributed by atoms with Gasteiger partial charge in [0, 0.05) is 45.7 Å². The van der Waals surface area contributed by atoms with Crippen molar-refractivity contribution in [2.45, 2.75) is 25.7 Å². The number of halogens is 6. The normalized spacial score (nSPS) is 13.4. The van der Waals surface area contributed by atoms with Crippen molar-refractivity contribution in [3.05, 3.63) is 92.2 Å². The number of amides is 1. The molecule has 0 atom stereocenters. The molecule has 1 amide bonds. The molecular weight excluding hydrogens is 504 g/mol. The molecule has 37 heavy (non-hydrogen) atoms. The Morgan fingerprint density at radius 1 is 1.08 bits per heavy atom. The highest BCUT2D eigenvalue weighted by Crippen LogP contribution is 2.29. The molecule has 196 valence electrons. The summed E-state index contributed by atoms with van der Waals surface area (Å²) in [5.74, 6) is -4.75. The molecule has 0 saturated carbocycles. The van der Waals surface area contributed by atoms with Crippen molar-refractivity contribution < 1.29 is 31.1 Å². The summed E-state index contributed by atoms with van der Waals surface area (Å²) in [5, 5.41) is 4.38. The molecule has 7 nitrogen and oxygen atoms in total. The van der Waals surface area contributed by atoms with Gasteiger partial charge in [-0.05, 0) is 17.7 Å². The molecule has 2 aromatic carbocycles. The van der Waals surface area contributed by atoms with Crippen molar-refractivity contribution >= 4 is 11.9 Å². The number of carbonyl (C=O) groups excluding carboxylic acids is 1. The quantitative estimate of drug-likeness (QED) is 0.515. The van der Waals surface area contributed by atoms with E-state index < -0.39 is 46.2 Å². The Labute approximate surface area is 206 Å². The van der Waals surface area contributed by atoms with Gasteiger partial charge in [0.25, 0.3) is 11.5 Å². The van der Waals surface area contributed by atoms with Crippen LogP contribution < -0.4 is 15.9 Å². The molecule has 1 aromatic heterocycles. The monoisotopic (exact) mass is 525 g/mol. The van der Waals surface area contributed by atoms with Gasteiger partial charge in [-0.25, -0.2) is 18.2 Å². The molecule has 0 radical (unpaired) electrons. The average molecular weight is 525 g/mol. The molecule has 4 rings (SSSR count). The van der Waals surface area contributed by atoms with Gasteiger partial charge >= 0.3 is 6.18 Å². The minimum atomic E-state index is -4.46. The van der Waals surface area contributed by atoms with Gasteiger partial charge in [-0.1, -0.05) is 12.1 Å². The van der Waals surface area contributed by atoms with Crippen LogP contribution in [0.25, 0.3) is 0 Å². The molecule has 0 aliphatic carbocycles. The third kappa shape index (κ3) is 5.25. The zero-order chi connectivity index (χ0) is 27.1. The number of benzene rings is 2. The average Bonchev–Trinajstić information content (AvgIpc) is 2.81. The van der Waals surface area contributed by atoms with Gasteiger partial charge in [0.2, 0.25) is 5.95 Å². The fourth-order valence-corrected chi connectivity index (χ4v) is 4.02. The number of hydrogen-bond acceptors (Lipinski definition) is 5. The lowest BCUT2D eigenvalue weighted by atomic mass is 10.0. The maximum absolute atomic E-state index is 14.1. The fourth-order valence-electron chi connectivity index (χ4n) is 4.02. The highest BCUT2D eigenvalue weighted by atomic mass is 19.4. The number of nitrogens with one attached hydrogen (secondary N) is 1. The van der Waals surface area contributed by atoms with E-state index in [-0.39, 0.29) is 37.6 Å². The summed E-state index contributed by atoms with van der Waals surface area (Å²) < 4.78 is 81.1. The van der Waals surface area contributed by atoms with Gasteiger partial charge in [-0.15, -0.1) is 0 Å². The minimum absolute atomic E-state index is 0.00114. The highest BCUT2D eigenvalue weighted by molar-refractivity contribution is 5.95. The van der Waals surface area contributed by atoms with Gasteiger partial charge in [0.05, 0.1) is 23.4 Å². The SMILES string of the molecule is CN(C)n1c(NCc2ccc(C(F)(F)F)cc2)nc2c(c1=O)CN(C(=O)c1c(F)cc(F)cc1F)CC2. The first kappa shape index (κ1) is 26.0. The predicted octanol–water partition coefficient (Wildman–Crippen LogP) is 3.69. The predicted molar refractivity (Wildman–Crippen MR) is 122 cm³/mol. The summed E-state index contributed by atoms with van der Waals surface area (Å²) >= 11 is 0. The number of aromatic nitrogens is 2. The van der Waals surface area contributed by atoms with E-state index in [9.17, 15) is 35.9 Å². The van der Waals surface area contributed by atoms with Crippen molar-refractivity contribution in [1.82, 2.24) is 14.6 Å². The fraction of sp³-hybridized carbons (Fsp3) is 0.292. The second kappa shape index (κ2) is 9.79. The molecule has 0 spiro atoms. The van der Waals surface area contributed by atoms with E-state index in [2.05, 4.69) is 10.3 Å². The highest BCUT2D eigenvalue weighted by Gasteiger charge is 2.31. The van der Waals surface area contributed by atoms with Crippen LogP contribution in [0.15, 0.2) is 41.2 Å². The molecular formula is C24H21F6N5O2. The topological polar surface area (TPSA) is 70.5 Å². The maximum atomic E-state index is 14.1. The van der Waals surface area contributed by atoms with Crippen molar-refractivity contribution in [1.29, 1.82) is 0 Å². The Balaban J connectivity index is 1.60. The van der Waals surface area contributed by atoms with Crippen LogP contribution in [0.4, 0.5) is 32.3 Å². The van der Waals surface area contributed by atoms with Crippen LogP contribution in [0.1, 0.15) is 32.7 Å². The van der Waals surface area contributed by atoms with Gasteiger partial charge in [-0.2, -0.15) is 17.8 Å². The van der Waals surface area contributed by atoms with Crippen LogP contribution in [0.5, 0.6) is 0 Å². The summed E-state index contributed by atoms with van der Waals surface area (Å²) in [6, 6.07) is 5.34. The number of carbonyl (C=O) groups is 1. The second-order valence-electron chi connectivity index (χ2n) is 8.59. The number of fused-ring (bicyclic) bond motifs is 1. The Morgan fingerprint density at radius 2 is 1.70 bits per heavy atom. The van der Waals surface area contributed by atoms with E-state index in [1.165, 1.54) is 21.8 Å². The first-order valence-electron chi connectivity index (χ1n) is 11.0. The van der Waals surface area contributed by atoms with Crippen molar-refractivity contribution in [2.24, 2.45) is 0 Å². The first-order valence-corrected chi connectivity index (χ1v) is 11.0. The van der Waals surface area contributed by atoms with E-state index in [4.69, 9.17) is 0 Å². The molecule has 1 aliphatic rings. The van der Waals surface area contributed by atoms with E-state index in [0.717, 1.165) is 17.0 Å². The van der Waals surface area contributed by atoms with Crippen LogP contribution in [0, 0.1) is 17.5 Å². The van der Waals surface area contributed by atoms with Gasteiger partial charge in [0.15, 0.2) is 0 Å². The lowest BCUT2D eigenvalue weighted by Crippen LogP contribution is -2.45. The molecule has 13 heteroatoms. The van der Waals surface area contributed by atoms with E-state index in [0.29, 0.717) is 23.4 Å². The van der Waals surface area contributed by atoms with Crippen LogP contribution in [0.3, 0.4) is 0 Å². The first-order chi connectivity index (χ1) is 17.4. The van der Waals surface area contributed by atoms with Crippen molar-refractivity contribution in [3.8, 4) is 0 Å². The zero-order valence-electron chi connectivity index (χ0n) is 19.7. The molecule has 0 unspecified atom stereocenters. The number of alkyl halides is 3. The standard InChI is InChI=1S/C24H21F6N5O2/c1-33(2)35-21(36)16-12-34(22(37)20-17(26)9-15(25)10-18(20)27)8-7-19(16)32-23(35)31-11-13-3-5-14(6-4-13)24(28,29)30/h3-6,9-10H,7-8,11-12H2,1-2H3,(H,31,32). The summed E-state index contributed by atoms with van der Waals surface area (Å²) in [7, 11) is 3.13. The third-order valence-corrected chi connectivity index (χ3v) is 5.85. The Kier molecular flexibility index (Phi) is 6.89. The Morgan fingerprint density at radius 3 is 2.27 bits per heavy atom. The summed E-state index contributed by atoms with van der Waals surface area (Å²) in [5.41, 5.74) is -1.22. The van der Waals surface area contributed by atoms with Gasteiger partial charge in [-0.3, -0.25) is 9.59 Å². The third-order valence-electron chi connectivity index (χ3n) is 5.85. The van der Waals surface area contributed by atoms with Crippen LogP contribution in [0.2, 0.25) is 0 Å². The van der Waals surface area contributed by atoms with Crippen LogP contribution in [-0.4, -0.2) is 41.1 Å². The molecule has 1 aliphatic heterocycles. The summed E-state index contributed by atoms with van der Waals surface area (Å²) in [6.07, 6.45) is -4.36. The van der Waals surface area contributed by atoms with E-state index in [1.807, 2.05) is 0 Å².